The van der Waals surface area contributed by atoms with Crippen molar-refractivity contribution in [3.05, 3.63) is 64.0 Å². The molecule has 0 unspecified atom stereocenters. The summed E-state index contributed by atoms with van der Waals surface area (Å²) in [5.74, 6) is 1.54. The Kier molecular flexibility index (Phi) is 5.17. The second-order valence-corrected chi connectivity index (χ2v) is 8.66. The minimum absolute atomic E-state index is 0.0259. The molecule has 0 saturated heterocycles. The third-order valence-electron chi connectivity index (χ3n) is 4.42. The van der Waals surface area contributed by atoms with Gasteiger partial charge in [-0.3, -0.25) is 4.79 Å². The zero-order chi connectivity index (χ0) is 19.0. The monoisotopic (exact) mass is 415 g/mol. The molecule has 2 aromatic carbocycles. The molecular formula is C21H18ClNO2S2. The highest BCUT2D eigenvalue weighted by molar-refractivity contribution is 7.98. The van der Waals surface area contributed by atoms with E-state index in [9.17, 15) is 4.79 Å². The van der Waals surface area contributed by atoms with E-state index >= 15 is 0 Å². The molecule has 0 bridgehead atoms. The number of amides is 1. The van der Waals surface area contributed by atoms with Crippen molar-refractivity contribution in [3.63, 3.8) is 0 Å². The third kappa shape index (κ3) is 3.47. The SMILES string of the molecule is CCOc1ccccc1N(C)C(=O)c1cc2c(s1)-c1ccc(Cl)cc1SC2. The van der Waals surface area contributed by atoms with Crippen LogP contribution in [0.2, 0.25) is 5.02 Å². The van der Waals surface area contributed by atoms with Crippen LogP contribution >= 0.6 is 34.7 Å². The van der Waals surface area contributed by atoms with Crippen LogP contribution in [0.5, 0.6) is 5.75 Å². The van der Waals surface area contributed by atoms with Crippen LogP contribution in [0.15, 0.2) is 53.4 Å². The van der Waals surface area contributed by atoms with E-state index in [1.807, 2.05) is 55.5 Å². The van der Waals surface area contributed by atoms with E-state index in [1.165, 1.54) is 10.5 Å². The molecule has 0 aliphatic carbocycles. The topological polar surface area (TPSA) is 29.5 Å². The van der Waals surface area contributed by atoms with Crippen LogP contribution in [-0.4, -0.2) is 19.6 Å². The Morgan fingerprint density at radius 3 is 2.85 bits per heavy atom. The van der Waals surface area contributed by atoms with Gasteiger partial charge in [0.15, 0.2) is 0 Å². The van der Waals surface area contributed by atoms with Gasteiger partial charge < -0.3 is 9.64 Å². The van der Waals surface area contributed by atoms with E-state index in [0.29, 0.717) is 12.4 Å². The van der Waals surface area contributed by atoms with E-state index in [4.69, 9.17) is 16.3 Å². The maximum Gasteiger partial charge on any atom is 0.268 e. The normalized spacial score (nSPS) is 12.3. The number of hydrogen-bond donors (Lipinski definition) is 0. The third-order valence-corrected chi connectivity index (χ3v) is 6.96. The number of nitrogens with zero attached hydrogens (tertiary/aromatic N) is 1. The Hall–Kier alpha value is -1.95. The molecule has 1 aliphatic heterocycles. The van der Waals surface area contributed by atoms with E-state index in [0.717, 1.165) is 31.8 Å². The van der Waals surface area contributed by atoms with E-state index in [2.05, 4.69) is 0 Å². The predicted octanol–water partition coefficient (Wildman–Crippen LogP) is 6.35. The molecule has 138 valence electrons. The van der Waals surface area contributed by atoms with Crippen molar-refractivity contribution < 1.29 is 9.53 Å². The van der Waals surface area contributed by atoms with Gasteiger partial charge in [0.2, 0.25) is 0 Å². The summed E-state index contributed by atoms with van der Waals surface area (Å²) in [6.45, 7) is 2.50. The summed E-state index contributed by atoms with van der Waals surface area (Å²) in [7, 11) is 1.79. The molecule has 0 spiro atoms. The summed E-state index contributed by atoms with van der Waals surface area (Å²) in [6, 6.07) is 15.6. The summed E-state index contributed by atoms with van der Waals surface area (Å²) in [5, 5.41) is 0.741. The average Bonchev–Trinajstić information content (AvgIpc) is 3.12. The summed E-state index contributed by atoms with van der Waals surface area (Å²) in [6.07, 6.45) is 0. The van der Waals surface area contributed by atoms with Crippen LogP contribution in [0.4, 0.5) is 5.69 Å². The fourth-order valence-electron chi connectivity index (χ4n) is 3.11. The molecular weight excluding hydrogens is 398 g/mol. The number of rotatable bonds is 4. The van der Waals surface area contributed by atoms with Gasteiger partial charge in [0.05, 0.1) is 17.2 Å². The molecule has 0 atom stereocenters. The van der Waals surface area contributed by atoms with E-state index < -0.39 is 0 Å². The summed E-state index contributed by atoms with van der Waals surface area (Å²) >= 11 is 9.43. The van der Waals surface area contributed by atoms with Crippen molar-refractivity contribution in [2.75, 3.05) is 18.6 Å². The highest BCUT2D eigenvalue weighted by atomic mass is 35.5. The lowest BCUT2D eigenvalue weighted by molar-refractivity contribution is 0.0996. The maximum absolute atomic E-state index is 13.1. The second kappa shape index (κ2) is 7.58. The molecule has 1 aromatic heterocycles. The number of benzene rings is 2. The van der Waals surface area contributed by atoms with Crippen LogP contribution in [0.25, 0.3) is 10.4 Å². The van der Waals surface area contributed by atoms with Crippen LogP contribution < -0.4 is 9.64 Å². The Morgan fingerprint density at radius 2 is 2.04 bits per heavy atom. The number of thioether (sulfide) groups is 1. The fourth-order valence-corrected chi connectivity index (χ4v) is 5.78. The van der Waals surface area contributed by atoms with E-state index in [-0.39, 0.29) is 5.91 Å². The van der Waals surface area contributed by atoms with E-state index in [1.54, 1.807) is 35.0 Å². The van der Waals surface area contributed by atoms with Crippen LogP contribution in [-0.2, 0) is 5.75 Å². The fraction of sp³-hybridized carbons (Fsp3) is 0.190. The Bertz CT molecular complexity index is 1020. The number of hydrogen-bond acceptors (Lipinski definition) is 4. The summed E-state index contributed by atoms with van der Waals surface area (Å²) in [4.78, 5) is 17.9. The molecule has 0 radical (unpaired) electrons. The summed E-state index contributed by atoms with van der Waals surface area (Å²) < 4.78 is 5.68. The van der Waals surface area contributed by atoms with Crippen LogP contribution in [0.3, 0.4) is 0 Å². The number of para-hydroxylation sites is 2. The van der Waals surface area contributed by atoms with Gasteiger partial charge in [-0.1, -0.05) is 29.8 Å². The summed E-state index contributed by atoms with van der Waals surface area (Å²) in [5.41, 5.74) is 3.14. The average molecular weight is 416 g/mol. The molecule has 6 heteroatoms. The Balaban J connectivity index is 1.68. The standard InChI is InChI=1S/C21H18ClNO2S2/c1-3-25-17-7-5-4-6-16(17)23(2)21(24)19-10-13-12-26-18-11-14(22)8-9-15(18)20(13)27-19/h4-11H,3,12H2,1-2H3. The van der Waals surface area contributed by atoms with Crippen molar-refractivity contribution >= 4 is 46.3 Å². The molecule has 3 nitrogen and oxygen atoms in total. The van der Waals surface area contributed by atoms with Crippen LogP contribution in [0, 0.1) is 0 Å². The van der Waals surface area contributed by atoms with Gasteiger partial charge in [-0.2, -0.15) is 0 Å². The number of fused-ring (bicyclic) bond motifs is 3. The minimum atomic E-state index is -0.0259. The first-order valence-corrected chi connectivity index (χ1v) is 10.8. The zero-order valence-corrected chi connectivity index (χ0v) is 17.4. The van der Waals surface area contributed by atoms with Crippen molar-refractivity contribution in [1.82, 2.24) is 0 Å². The van der Waals surface area contributed by atoms with Crippen molar-refractivity contribution in [2.45, 2.75) is 17.6 Å². The Morgan fingerprint density at radius 1 is 1.22 bits per heavy atom. The smallest absolute Gasteiger partial charge is 0.268 e. The number of thiophene rings is 1. The predicted molar refractivity (Wildman–Crippen MR) is 115 cm³/mol. The molecule has 27 heavy (non-hydrogen) atoms. The van der Waals surface area contributed by atoms with Crippen molar-refractivity contribution in [1.29, 1.82) is 0 Å². The lowest BCUT2D eigenvalue weighted by Crippen LogP contribution is -2.26. The molecule has 4 rings (SSSR count). The van der Waals surface area contributed by atoms with Gasteiger partial charge in [-0.05, 0) is 42.8 Å². The number of carbonyl (C=O) groups is 1. The number of carbonyl (C=O) groups excluding carboxylic acids is 1. The molecule has 1 amide bonds. The largest absolute Gasteiger partial charge is 0.492 e. The highest BCUT2D eigenvalue weighted by Crippen LogP contribution is 2.46. The van der Waals surface area contributed by atoms with Gasteiger partial charge in [-0.15, -0.1) is 23.1 Å². The van der Waals surface area contributed by atoms with Crippen molar-refractivity contribution in [3.8, 4) is 16.2 Å². The molecule has 3 aromatic rings. The van der Waals surface area contributed by atoms with Gasteiger partial charge in [0.1, 0.15) is 5.75 Å². The lowest BCUT2D eigenvalue weighted by atomic mass is 10.1. The second-order valence-electron chi connectivity index (χ2n) is 6.16. The lowest BCUT2D eigenvalue weighted by Gasteiger charge is -2.19. The quantitative estimate of drug-likeness (QED) is 0.497. The first-order valence-electron chi connectivity index (χ1n) is 8.63. The number of halogens is 1. The minimum Gasteiger partial charge on any atom is -0.492 e. The van der Waals surface area contributed by atoms with Gasteiger partial charge in [0.25, 0.3) is 5.91 Å². The molecule has 0 fully saturated rings. The van der Waals surface area contributed by atoms with Gasteiger partial charge >= 0.3 is 0 Å². The molecule has 1 aliphatic rings. The van der Waals surface area contributed by atoms with Crippen molar-refractivity contribution in [2.24, 2.45) is 0 Å². The maximum atomic E-state index is 13.1. The molecule has 2 heterocycles. The van der Waals surface area contributed by atoms with Gasteiger partial charge in [-0.25, -0.2) is 0 Å². The number of ether oxygens (including phenoxy) is 1. The molecule has 0 N–H and O–H groups in total. The van der Waals surface area contributed by atoms with Crippen LogP contribution in [0.1, 0.15) is 22.2 Å². The first-order chi connectivity index (χ1) is 13.1. The molecule has 0 saturated carbocycles. The Labute approximate surface area is 171 Å². The van der Waals surface area contributed by atoms with Gasteiger partial charge in [0, 0.05) is 33.2 Å². The highest BCUT2D eigenvalue weighted by Gasteiger charge is 2.25. The number of anilines is 1. The first kappa shape index (κ1) is 18.4. The zero-order valence-electron chi connectivity index (χ0n) is 15.0.